The molecule has 0 aromatic rings. The smallest absolute Gasteiger partial charge is 0.322 e. The fraction of sp³-hybridized carbons (Fsp3) is 0.889. The zero-order chi connectivity index (χ0) is 12.6. The summed E-state index contributed by atoms with van der Waals surface area (Å²) in [6.07, 6.45) is 1.71. The van der Waals surface area contributed by atoms with Crippen LogP contribution >= 0.6 is 11.8 Å². The van der Waals surface area contributed by atoms with Gasteiger partial charge in [-0.2, -0.15) is 11.8 Å². The van der Waals surface area contributed by atoms with Gasteiger partial charge in [0.15, 0.2) is 0 Å². The van der Waals surface area contributed by atoms with Crippen LogP contribution in [0.4, 0.5) is 0 Å². The molecule has 0 spiro atoms. The predicted octanol–water partition coefficient (Wildman–Crippen LogP) is 0.0447. The second kappa shape index (κ2) is 7.92. The van der Waals surface area contributed by atoms with Crippen molar-refractivity contribution in [3.05, 3.63) is 0 Å². The van der Waals surface area contributed by atoms with Gasteiger partial charge >= 0.3 is 5.97 Å². The van der Waals surface area contributed by atoms with E-state index in [4.69, 9.17) is 10.5 Å². The summed E-state index contributed by atoms with van der Waals surface area (Å²) in [5, 5.41) is 0. The van der Waals surface area contributed by atoms with Crippen LogP contribution < -0.4 is 5.73 Å². The lowest BCUT2D eigenvalue weighted by Crippen LogP contribution is -2.32. The first kappa shape index (κ1) is 15.7. The van der Waals surface area contributed by atoms with Gasteiger partial charge in [0.2, 0.25) is 0 Å². The van der Waals surface area contributed by atoms with Crippen LogP contribution in [0.25, 0.3) is 0 Å². The van der Waals surface area contributed by atoms with Gasteiger partial charge in [-0.25, -0.2) is 8.42 Å². The number of thioether (sulfide) groups is 1. The molecule has 2 N–H and O–H groups in total. The number of hydrogen-bond donors (Lipinski definition) is 1. The van der Waals surface area contributed by atoms with Crippen LogP contribution in [0.3, 0.4) is 0 Å². The maximum atomic E-state index is 11.1. The third-order valence-electron chi connectivity index (χ3n) is 1.76. The molecule has 0 radical (unpaired) electrons. The Bertz CT molecular complexity index is 303. The molecule has 0 saturated heterocycles. The monoisotopic (exact) mass is 269 g/mol. The van der Waals surface area contributed by atoms with Crippen LogP contribution in [0, 0.1) is 0 Å². The third kappa shape index (κ3) is 8.99. The number of rotatable bonds is 8. The van der Waals surface area contributed by atoms with Gasteiger partial charge in [-0.15, -0.1) is 0 Å². The third-order valence-corrected chi connectivity index (χ3v) is 3.98. The Morgan fingerprint density at radius 2 is 2.06 bits per heavy atom. The van der Waals surface area contributed by atoms with Crippen LogP contribution in [-0.2, 0) is 19.4 Å². The highest BCUT2D eigenvalue weighted by molar-refractivity contribution is 8.00. The van der Waals surface area contributed by atoms with E-state index in [9.17, 15) is 13.2 Å². The number of sulfone groups is 1. The van der Waals surface area contributed by atoms with Crippen molar-refractivity contribution in [1.29, 1.82) is 0 Å². The zero-order valence-corrected chi connectivity index (χ0v) is 11.3. The molecule has 0 bridgehead atoms. The summed E-state index contributed by atoms with van der Waals surface area (Å²) in [5.74, 6) is 0.960. The maximum absolute atomic E-state index is 11.1. The molecule has 0 rings (SSSR count). The lowest BCUT2D eigenvalue weighted by Gasteiger charge is -2.09. The molecule has 1 atom stereocenters. The fourth-order valence-electron chi connectivity index (χ4n) is 0.890. The van der Waals surface area contributed by atoms with Crippen molar-refractivity contribution in [3.8, 4) is 0 Å². The molecular weight excluding hydrogens is 250 g/mol. The predicted molar refractivity (Wildman–Crippen MR) is 66.3 cm³/mol. The first-order valence-electron chi connectivity index (χ1n) is 5.04. The highest BCUT2D eigenvalue weighted by Gasteiger charge is 2.13. The molecular formula is C9H19NO4S2. The Morgan fingerprint density at radius 3 is 2.56 bits per heavy atom. The second-order valence-corrected chi connectivity index (χ2v) is 6.87. The quantitative estimate of drug-likeness (QED) is 0.495. The Labute approximate surface area is 101 Å². The molecule has 5 nitrogen and oxygen atoms in total. The molecule has 16 heavy (non-hydrogen) atoms. The van der Waals surface area contributed by atoms with E-state index in [1.54, 1.807) is 6.92 Å². The van der Waals surface area contributed by atoms with E-state index >= 15 is 0 Å². The first-order valence-corrected chi connectivity index (χ1v) is 8.26. The first-order chi connectivity index (χ1) is 7.37. The van der Waals surface area contributed by atoms with Crippen molar-refractivity contribution >= 4 is 27.6 Å². The van der Waals surface area contributed by atoms with Gasteiger partial charge in [0.1, 0.15) is 15.9 Å². The molecule has 0 heterocycles. The topological polar surface area (TPSA) is 86.5 Å². The summed E-state index contributed by atoms with van der Waals surface area (Å²) in [6, 6.07) is -0.606. The molecule has 0 aromatic heterocycles. The number of carbonyl (C=O) groups is 1. The summed E-state index contributed by atoms with van der Waals surface area (Å²) >= 11 is 1.48. The molecule has 0 aliphatic rings. The van der Waals surface area contributed by atoms with E-state index in [0.29, 0.717) is 24.5 Å². The Kier molecular flexibility index (Phi) is 7.78. The van der Waals surface area contributed by atoms with Gasteiger partial charge in [0, 0.05) is 12.0 Å². The van der Waals surface area contributed by atoms with E-state index in [1.165, 1.54) is 18.0 Å². The van der Waals surface area contributed by atoms with Crippen molar-refractivity contribution in [2.45, 2.75) is 19.4 Å². The summed E-state index contributed by atoms with van der Waals surface area (Å²) in [5.41, 5.74) is 5.57. The summed E-state index contributed by atoms with van der Waals surface area (Å²) < 4.78 is 26.4. The van der Waals surface area contributed by atoms with Gasteiger partial charge in [-0.05, 0) is 19.1 Å². The van der Waals surface area contributed by atoms with E-state index in [0.717, 1.165) is 0 Å². The van der Waals surface area contributed by atoms with Crippen molar-refractivity contribution in [2.24, 2.45) is 5.73 Å². The molecule has 0 fully saturated rings. The molecule has 1 unspecified atom stereocenters. The zero-order valence-electron chi connectivity index (χ0n) is 9.64. The summed E-state index contributed by atoms with van der Waals surface area (Å²) in [4.78, 5) is 11.1. The Balaban J connectivity index is 3.55. The highest BCUT2D eigenvalue weighted by atomic mass is 32.2. The minimum absolute atomic E-state index is 0.159. The molecule has 7 heteroatoms. The molecule has 96 valence electrons. The Hall–Kier alpha value is -0.270. The van der Waals surface area contributed by atoms with Crippen molar-refractivity contribution in [1.82, 2.24) is 0 Å². The lowest BCUT2D eigenvalue weighted by atomic mass is 10.2. The van der Waals surface area contributed by atoms with Crippen molar-refractivity contribution in [3.63, 3.8) is 0 Å². The Morgan fingerprint density at radius 1 is 1.44 bits per heavy atom. The molecule has 0 aliphatic carbocycles. The van der Waals surface area contributed by atoms with Gasteiger partial charge in [0.05, 0.1) is 12.4 Å². The van der Waals surface area contributed by atoms with Gasteiger partial charge in [-0.3, -0.25) is 4.79 Å². The van der Waals surface area contributed by atoms with E-state index in [-0.39, 0.29) is 5.75 Å². The van der Waals surface area contributed by atoms with Crippen LogP contribution in [0.2, 0.25) is 0 Å². The largest absolute Gasteiger partial charge is 0.465 e. The minimum Gasteiger partial charge on any atom is -0.465 e. The van der Waals surface area contributed by atoms with Gasteiger partial charge in [0.25, 0.3) is 0 Å². The molecule has 0 saturated carbocycles. The number of carbonyl (C=O) groups excluding carboxylic acids is 1. The average molecular weight is 269 g/mol. The van der Waals surface area contributed by atoms with Crippen LogP contribution in [-0.4, -0.2) is 50.6 Å². The van der Waals surface area contributed by atoms with Gasteiger partial charge in [-0.1, -0.05) is 0 Å². The van der Waals surface area contributed by atoms with E-state index < -0.39 is 21.8 Å². The van der Waals surface area contributed by atoms with Crippen molar-refractivity contribution in [2.75, 3.05) is 30.1 Å². The van der Waals surface area contributed by atoms with Crippen molar-refractivity contribution < 1.29 is 17.9 Å². The van der Waals surface area contributed by atoms with Crippen LogP contribution in [0.15, 0.2) is 0 Å². The van der Waals surface area contributed by atoms with E-state index in [1.807, 2.05) is 0 Å². The average Bonchev–Trinajstić information content (AvgIpc) is 2.15. The maximum Gasteiger partial charge on any atom is 0.322 e. The number of hydrogen-bond acceptors (Lipinski definition) is 6. The minimum atomic E-state index is -2.89. The second-order valence-electron chi connectivity index (χ2n) is 3.39. The highest BCUT2D eigenvalue weighted by Crippen LogP contribution is 2.05. The van der Waals surface area contributed by atoms with Crippen LogP contribution in [0.5, 0.6) is 0 Å². The lowest BCUT2D eigenvalue weighted by molar-refractivity contribution is -0.144. The summed E-state index contributed by atoms with van der Waals surface area (Å²) in [6.45, 7) is 2.05. The molecule has 0 aromatic carbocycles. The standard InChI is InChI=1S/C9H19NO4S2/c1-3-14-9(11)8(10)4-5-15-6-7-16(2,12)13/h8H,3-7,10H2,1-2H3. The summed E-state index contributed by atoms with van der Waals surface area (Å²) in [7, 11) is -2.89. The normalized spacial score (nSPS) is 13.4. The van der Waals surface area contributed by atoms with Crippen LogP contribution in [0.1, 0.15) is 13.3 Å². The number of nitrogens with two attached hydrogens (primary N) is 1. The number of ether oxygens (including phenoxy) is 1. The van der Waals surface area contributed by atoms with E-state index in [2.05, 4.69) is 0 Å². The SMILES string of the molecule is CCOC(=O)C(N)CCSCCS(C)(=O)=O. The number of esters is 1. The fourth-order valence-corrected chi connectivity index (χ4v) is 3.20. The molecule has 0 amide bonds. The molecule has 0 aliphatic heterocycles. The van der Waals surface area contributed by atoms with Gasteiger partial charge < -0.3 is 10.5 Å².